The summed E-state index contributed by atoms with van der Waals surface area (Å²) < 4.78 is 10.7. The predicted molar refractivity (Wildman–Crippen MR) is 98.9 cm³/mol. The van der Waals surface area contributed by atoms with Crippen LogP contribution in [0.2, 0.25) is 0 Å². The van der Waals surface area contributed by atoms with Crippen molar-refractivity contribution in [2.45, 2.75) is 46.7 Å². The van der Waals surface area contributed by atoms with Crippen LogP contribution in [0.3, 0.4) is 0 Å². The van der Waals surface area contributed by atoms with Gasteiger partial charge in [-0.3, -0.25) is 0 Å². The maximum atomic E-state index is 5.37. The number of aliphatic imine (C=N–C) groups is 1. The molecule has 0 radical (unpaired) electrons. The Kier molecular flexibility index (Phi) is 5.31. The molecule has 0 atom stereocenters. The first-order chi connectivity index (χ1) is 11.3. The van der Waals surface area contributed by atoms with Gasteiger partial charge in [-0.2, -0.15) is 0 Å². The summed E-state index contributed by atoms with van der Waals surface area (Å²) in [5.41, 5.74) is 1.47. The molecule has 1 aromatic carbocycles. The third kappa shape index (κ3) is 3.30. The van der Waals surface area contributed by atoms with Crippen LogP contribution in [0.5, 0.6) is 11.5 Å². The predicted octanol–water partition coefficient (Wildman–Crippen LogP) is 3.29. The van der Waals surface area contributed by atoms with Crippen molar-refractivity contribution in [2.24, 2.45) is 10.4 Å². The van der Waals surface area contributed by atoms with Gasteiger partial charge in [-0.15, -0.1) is 0 Å². The first-order valence-electron chi connectivity index (χ1n) is 8.53. The SMILES string of the molecule is CCNC(=NCc1ccc(OC)c(OC)c1)N1CC(C)(C)C1(C)C. The molecule has 0 amide bonds. The van der Waals surface area contributed by atoms with Gasteiger partial charge in [0.05, 0.1) is 20.8 Å². The van der Waals surface area contributed by atoms with Crippen LogP contribution in [0.1, 0.15) is 40.2 Å². The van der Waals surface area contributed by atoms with Gasteiger partial charge in [0.2, 0.25) is 0 Å². The molecule has 5 heteroatoms. The van der Waals surface area contributed by atoms with Crippen LogP contribution >= 0.6 is 0 Å². The van der Waals surface area contributed by atoms with Gasteiger partial charge in [-0.1, -0.05) is 19.9 Å². The number of benzene rings is 1. The number of guanidine groups is 1. The Bertz CT molecular complexity index is 609. The molecule has 24 heavy (non-hydrogen) atoms. The second-order valence-corrected chi connectivity index (χ2v) is 7.39. The van der Waals surface area contributed by atoms with E-state index < -0.39 is 0 Å². The van der Waals surface area contributed by atoms with E-state index in [1.807, 2.05) is 18.2 Å². The van der Waals surface area contributed by atoms with E-state index in [2.05, 4.69) is 44.8 Å². The molecule has 1 N–H and O–H groups in total. The summed E-state index contributed by atoms with van der Waals surface area (Å²) in [7, 11) is 3.30. The largest absolute Gasteiger partial charge is 0.493 e. The number of methoxy groups -OCH3 is 2. The Morgan fingerprint density at radius 2 is 1.83 bits per heavy atom. The minimum atomic E-state index is 0.0889. The fourth-order valence-corrected chi connectivity index (χ4v) is 2.94. The Hall–Kier alpha value is -1.91. The fraction of sp³-hybridized carbons (Fsp3) is 0.632. The molecule has 0 aliphatic carbocycles. The molecule has 0 spiro atoms. The van der Waals surface area contributed by atoms with Crippen LogP contribution in [0.15, 0.2) is 23.2 Å². The zero-order chi connectivity index (χ0) is 18.0. The van der Waals surface area contributed by atoms with Crippen molar-refractivity contribution in [1.29, 1.82) is 0 Å². The number of hydrogen-bond acceptors (Lipinski definition) is 3. The van der Waals surface area contributed by atoms with Crippen molar-refractivity contribution < 1.29 is 9.47 Å². The summed E-state index contributed by atoms with van der Waals surface area (Å²) >= 11 is 0. The smallest absolute Gasteiger partial charge is 0.194 e. The molecule has 1 aromatic rings. The maximum absolute atomic E-state index is 5.37. The molecule has 2 rings (SSSR count). The number of nitrogens with one attached hydrogen (secondary N) is 1. The Labute approximate surface area is 146 Å². The van der Waals surface area contributed by atoms with Gasteiger partial charge >= 0.3 is 0 Å². The third-order valence-corrected chi connectivity index (χ3v) is 5.33. The van der Waals surface area contributed by atoms with E-state index in [1.54, 1.807) is 14.2 Å². The monoisotopic (exact) mass is 333 g/mol. The Morgan fingerprint density at radius 1 is 1.17 bits per heavy atom. The summed E-state index contributed by atoms with van der Waals surface area (Å²) in [5.74, 6) is 2.44. The number of rotatable bonds is 5. The lowest BCUT2D eigenvalue weighted by Gasteiger charge is -2.62. The minimum Gasteiger partial charge on any atom is -0.493 e. The van der Waals surface area contributed by atoms with Gasteiger partial charge in [0.15, 0.2) is 17.5 Å². The quantitative estimate of drug-likeness (QED) is 0.663. The van der Waals surface area contributed by atoms with Crippen molar-refractivity contribution in [3.05, 3.63) is 23.8 Å². The highest BCUT2D eigenvalue weighted by Gasteiger charge is 2.53. The average Bonchev–Trinajstić information content (AvgIpc) is 2.56. The summed E-state index contributed by atoms with van der Waals surface area (Å²) in [6.07, 6.45) is 0. The second-order valence-electron chi connectivity index (χ2n) is 7.39. The molecule has 0 unspecified atom stereocenters. The summed E-state index contributed by atoms with van der Waals surface area (Å²) in [6, 6.07) is 5.93. The molecule has 1 heterocycles. The normalized spacial score (nSPS) is 18.8. The van der Waals surface area contributed by atoms with E-state index in [0.717, 1.165) is 36.1 Å². The summed E-state index contributed by atoms with van der Waals surface area (Å²) in [6.45, 7) is 13.7. The van der Waals surface area contributed by atoms with Crippen molar-refractivity contribution in [3.63, 3.8) is 0 Å². The molecule has 0 saturated carbocycles. The van der Waals surface area contributed by atoms with Gasteiger partial charge in [-0.25, -0.2) is 4.99 Å². The van der Waals surface area contributed by atoms with E-state index in [-0.39, 0.29) is 11.0 Å². The Balaban J connectivity index is 2.18. The van der Waals surface area contributed by atoms with Crippen molar-refractivity contribution in [1.82, 2.24) is 10.2 Å². The zero-order valence-corrected chi connectivity index (χ0v) is 16.1. The zero-order valence-electron chi connectivity index (χ0n) is 16.1. The van der Waals surface area contributed by atoms with E-state index in [9.17, 15) is 0 Å². The van der Waals surface area contributed by atoms with Gasteiger partial charge in [0, 0.05) is 24.0 Å². The summed E-state index contributed by atoms with van der Waals surface area (Å²) in [4.78, 5) is 7.19. The van der Waals surface area contributed by atoms with Crippen LogP contribution < -0.4 is 14.8 Å². The molecule has 1 aliphatic heterocycles. The van der Waals surface area contributed by atoms with Gasteiger partial charge in [0.25, 0.3) is 0 Å². The highest BCUT2D eigenvalue weighted by atomic mass is 16.5. The lowest BCUT2D eigenvalue weighted by molar-refractivity contribution is -0.0667. The number of ether oxygens (including phenoxy) is 2. The van der Waals surface area contributed by atoms with Crippen LogP contribution in [-0.2, 0) is 6.54 Å². The van der Waals surface area contributed by atoms with Crippen LogP contribution in [0.4, 0.5) is 0 Å². The van der Waals surface area contributed by atoms with Crippen LogP contribution in [0, 0.1) is 5.41 Å². The van der Waals surface area contributed by atoms with E-state index in [0.29, 0.717) is 6.54 Å². The lowest BCUT2D eigenvalue weighted by atomic mass is 9.65. The van der Waals surface area contributed by atoms with E-state index in [4.69, 9.17) is 14.5 Å². The topological polar surface area (TPSA) is 46.1 Å². The van der Waals surface area contributed by atoms with Crippen molar-refractivity contribution in [2.75, 3.05) is 27.3 Å². The van der Waals surface area contributed by atoms with E-state index >= 15 is 0 Å². The van der Waals surface area contributed by atoms with Gasteiger partial charge < -0.3 is 19.7 Å². The molecule has 0 bridgehead atoms. The van der Waals surface area contributed by atoms with Crippen LogP contribution in [0.25, 0.3) is 0 Å². The highest BCUT2D eigenvalue weighted by molar-refractivity contribution is 5.82. The molecule has 134 valence electrons. The first-order valence-corrected chi connectivity index (χ1v) is 8.53. The molecule has 1 fully saturated rings. The fourth-order valence-electron chi connectivity index (χ4n) is 2.94. The Morgan fingerprint density at radius 3 is 2.33 bits per heavy atom. The standard InChI is InChI=1S/C19H31N3O2/c1-8-20-17(22-13-18(2,3)19(22,4)5)21-12-14-9-10-15(23-6)16(11-14)24-7/h9-11H,8,12-13H2,1-7H3,(H,20,21). The molecule has 5 nitrogen and oxygen atoms in total. The van der Waals surface area contributed by atoms with Gasteiger partial charge in [0.1, 0.15) is 0 Å². The molecule has 1 saturated heterocycles. The van der Waals surface area contributed by atoms with E-state index in [1.165, 1.54) is 0 Å². The average molecular weight is 333 g/mol. The maximum Gasteiger partial charge on any atom is 0.194 e. The minimum absolute atomic E-state index is 0.0889. The van der Waals surface area contributed by atoms with Gasteiger partial charge in [-0.05, 0) is 38.5 Å². The number of nitrogens with zero attached hydrogens (tertiary/aromatic N) is 2. The number of likely N-dealkylation sites (tertiary alicyclic amines) is 1. The molecule has 0 aromatic heterocycles. The molecular formula is C19H31N3O2. The first kappa shape index (κ1) is 18.4. The second kappa shape index (κ2) is 6.91. The lowest BCUT2D eigenvalue weighted by Crippen LogP contribution is -2.72. The van der Waals surface area contributed by atoms with Crippen molar-refractivity contribution in [3.8, 4) is 11.5 Å². The molecular weight excluding hydrogens is 302 g/mol. The highest BCUT2D eigenvalue weighted by Crippen LogP contribution is 2.46. The number of hydrogen-bond donors (Lipinski definition) is 1. The van der Waals surface area contributed by atoms with Crippen LogP contribution in [-0.4, -0.2) is 43.7 Å². The third-order valence-electron chi connectivity index (χ3n) is 5.33. The summed E-state index contributed by atoms with van der Waals surface area (Å²) in [5, 5.41) is 3.42. The molecule has 1 aliphatic rings. The van der Waals surface area contributed by atoms with Crippen molar-refractivity contribution >= 4 is 5.96 Å².